The van der Waals surface area contributed by atoms with Crippen LogP contribution < -0.4 is 10.6 Å². The summed E-state index contributed by atoms with van der Waals surface area (Å²) in [4.78, 5) is 23.4. The van der Waals surface area contributed by atoms with E-state index in [1.807, 2.05) is 4.90 Å². The molecular weight excluding hydrogens is 358 g/mol. The number of rotatable bonds is 7. The number of hydrogen-bond acceptors (Lipinski definition) is 4. The summed E-state index contributed by atoms with van der Waals surface area (Å²) in [5, 5.41) is 9.82. The van der Waals surface area contributed by atoms with E-state index in [9.17, 15) is 4.79 Å². The normalized spacial score (nSPS) is 16.4. The Balaban J connectivity index is 1.79. The molecule has 1 saturated heterocycles. The predicted molar refractivity (Wildman–Crippen MR) is 113 cm³/mol. The van der Waals surface area contributed by atoms with Crippen molar-refractivity contribution in [3.8, 4) is 0 Å². The predicted octanol–water partition coefficient (Wildman–Crippen LogP) is 3.29. The third-order valence-electron chi connectivity index (χ3n) is 4.61. The van der Waals surface area contributed by atoms with Gasteiger partial charge in [0.1, 0.15) is 5.01 Å². The minimum atomic E-state index is 0.0754. The molecule has 1 aromatic heterocycles. The van der Waals surface area contributed by atoms with Crippen LogP contribution in [0.5, 0.6) is 0 Å². The van der Waals surface area contributed by atoms with Crippen molar-refractivity contribution in [2.45, 2.75) is 71.8 Å². The van der Waals surface area contributed by atoms with E-state index in [1.165, 1.54) is 6.42 Å². The van der Waals surface area contributed by atoms with Gasteiger partial charge in [-0.25, -0.2) is 9.98 Å². The van der Waals surface area contributed by atoms with Gasteiger partial charge in [0.2, 0.25) is 5.91 Å². The SMILES string of the molecule is CCNC(=NCc1nc(C(C)(C)C)cs1)NCCCN1CCCCCC1=O. The first-order valence-electron chi connectivity index (χ1n) is 10.1. The third kappa shape index (κ3) is 7.48. The van der Waals surface area contributed by atoms with Gasteiger partial charge in [-0.05, 0) is 26.2 Å². The van der Waals surface area contributed by atoms with Gasteiger partial charge < -0.3 is 15.5 Å². The van der Waals surface area contributed by atoms with Crippen LogP contribution in [0.25, 0.3) is 0 Å². The number of likely N-dealkylation sites (tertiary alicyclic amines) is 1. The molecule has 1 aliphatic rings. The fraction of sp³-hybridized carbons (Fsp3) is 0.750. The topological polar surface area (TPSA) is 69.6 Å². The fourth-order valence-corrected chi connectivity index (χ4v) is 3.91. The van der Waals surface area contributed by atoms with Gasteiger partial charge in [-0.1, -0.05) is 27.2 Å². The zero-order chi connectivity index (χ0) is 19.7. The molecule has 1 aliphatic heterocycles. The van der Waals surface area contributed by atoms with E-state index >= 15 is 0 Å². The number of aliphatic imine (C=N–C) groups is 1. The first-order chi connectivity index (χ1) is 12.9. The molecule has 0 atom stereocenters. The molecule has 0 radical (unpaired) electrons. The molecule has 0 aliphatic carbocycles. The highest BCUT2D eigenvalue weighted by Crippen LogP contribution is 2.24. The maximum atomic E-state index is 12.0. The van der Waals surface area contributed by atoms with Gasteiger partial charge in [0.25, 0.3) is 0 Å². The minimum Gasteiger partial charge on any atom is -0.357 e. The van der Waals surface area contributed by atoms with Crippen LogP contribution in [-0.4, -0.2) is 47.9 Å². The Morgan fingerprint density at radius 3 is 2.81 bits per heavy atom. The average molecular weight is 394 g/mol. The standard InChI is InChI=1S/C20H35N5OS/c1-5-21-19(23-14-17-24-16(15-27-17)20(2,3)4)22-11-9-13-25-12-8-6-7-10-18(25)26/h15H,5-14H2,1-4H3,(H2,21,22,23). The van der Waals surface area contributed by atoms with Crippen molar-refractivity contribution in [2.75, 3.05) is 26.2 Å². The van der Waals surface area contributed by atoms with Crippen LogP contribution in [0, 0.1) is 0 Å². The number of hydrogen-bond donors (Lipinski definition) is 2. The summed E-state index contributed by atoms with van der Waals surface area (Å²) in [6.07, 6.45) is 4.99. The number of thiazole rings is 1. The van der Waals surface area contributed by atoms with Crippen LogP contribution in [0.15, 0.2) is 10.4 Å². The van der Waals surface area contributed by atoms with Gasteiger partial charge in [0.15, 0.2) is 5.96 Å². The maximum Gasteiger partial charge on any atom is 0.222 e. The van der Waals surface area contributed by atoms with Crippen molar-refractivity contribution in [3.05, 3.63) is 16.1 Å². The Hall–Kier alpha value is -1.63. The van der Waals surface area contributed by atoms with Crippen LogP contribution in [0.2, 0.25) is 0 Å². The van der Waals surface area contributed by atoms with Gasteiger partial charge in [0, 0.05) is 43.4 Å². The molecule has 0 spiro atoms. The molecule has 0 unspecified atom stereocenters. The van der Waals surface area contributed by atoms with Crippen molar-refractivity contribution in [3.63, 3.8) is 0 Å². The van der Waals surface area contributed by atoms with Gasteiger partial charge in [0.05, 0.1) is 12.2 Å². The van der Waals surface area contributed by atoms with E-state index in [0.717, 1.165) is 62.1 Å². The Morgan fingerprint density at radius 1 is 1.30 bits per heavy atom. The van der Waals surface area contributed by atoms with Crippen molar-refractivity contribution in [2.24, 2.45) is 4.99 Å². The lowest BCUT2D eigenvalue weighted by Crippen LogP contribution is -2.39. The van der Waals surface area contributed by atoms with Crippen molar-refractivity contribution >= 4 is 23.2 Å². The molecule has 152 valence electrons. The lowest BCUT2D eigenvalue weighted by atomic mass is 9.93. The van der Waals surface area contributed by atoms with Crippen molar-refractivity contribution < 1.29 is 4.79 Å². The number of amides is 1. The van der Waals surface area contributed by atoms with Crippen LogP contribution in [-0.2, 0) is 16.8 Å². The van der Waals surface area contributed by atoms with E-state index in [-0.39, 0.29) is 5.41 Å². The van der Waals surface area contributed by atoms with Crippen LogP contribution in [0.4, 0.5) is 0 Å². The second kappa shape index (κ2) is 10.6. The molecule has 0 saturated carbocycles. The second-order valence-corrected chi connectivity index (χ2v) is 8.99. The van der Waals surface area contributed by atoms with Crippen molar-refractivity contribution in [1.82, 2.24) is 20.5 Å². The largest absolute Gasteiger partial charge is 0.357 e. The number of nitrogens with zero attached hydrogens (tertiary/aromatic N) is 3. The molecule has 6 nitrogen and oxygen atoms in total. The fourth-order valence-electron chi connectivity index (χ4n) is 2.97. The maximum absolute atomic E-state index is 12.0. The summed E-state index contributed by atoms with van der Waals surface area (Å²) >= 11 is 1.67. The third-order valence-corrected chi connectivity index (χ3v) is 5.44. The van der Waals surface area contributed by atoms with Gasteiger partial charge in [-0.15, -0.1) is 11.3 Å². The second-order valence-electron chi connectivity index (χ2n) is 8.04. The minimum absolute atomic E-state index is 0.0754. The first kappa shape index (κ1) is 21.7. The highest BCUT2D eigenvalue weighted by atomic mass is 32.1. The van der Waals surface area contributed by atoms with Crippen LogP contribution >= 0.6 is 11.3 Å². The van der Waals surface area contributed by atoms with Crippen LogP contribution in [0.1, 0.15) is 70.5 Å². The Kier molecular flexibility index (Phi) is 8.54. The Morgan fingerprint density at radius 2 is 2.11 bits per heavy atom. The summed E-state index contributed by atoms with van der Waals surface area (Å²) in [5.74, 6) is 1.12. The number of guanidine groups is 1. The lowest BCUT2D eigenvalue weighted by Gasteiger charge is -2.20. The smallest absolute Gasteiger partial charge is 0.222 e. The molecule has 27 heavy (non-hydrogen) atoms. The average Bonchev–Trinajstić information content (AvgIpc) is 3.01. The van der Waals surface area contributed by atoms with E-state index < -0.39 is 0 Å². The molecular formula is C20H35N5OS. The molecule has 0 aromatic carbocycles. The number of carbonyl (C=O) groups is 1. The monoisotopic (exact) mass is 393 g/mol. The lowest BCUT2D eigenvalue weighted by molar-refractivity contribution is -0.130. The summed E-state index contributed by atoms with van der Waals surface area (Å²) < 4.78 is 0. The van der Waals surface area contributed by atoms with Crippen LogP contribution in [0.3, 0.4) is 0 Å². The summed E-state index contributed by atoms with van der Waals surface area (Å²) in [7, 11) is 0. The van der Waals surface area contributed by atoms with Gasteiger partial charge >= 0.3 is 0 Å². The molecule has 7 heteroatoms. The summed E-state index contributed by atoms with van der Waals surface area (Å²) in [6, 6.07) is 0. The molecule has 2 rings (SSSR count). The quantitative estimate of drug-likeness (QED) is 0.424. The van der Waals surface area contributed by atoms with Gasteiger partial charge in [-0.2, -0.15) is 0 Å². The molecule has 1 fully saturated rings. The zero-order valence-corrected chi connectivity index (χ0v) is 18.1. The highest BCUT2D eigenvalue weighted by Gasteiger charge is 2.17. The Labute approximate surface area is 167 Å². The summed E-state index contributed by atoms with van der Waals surface area (Å²) in [5.41, 5.74) is 1.20. The zero-order valence-electron chi connectivity index (χ0n) is 17.3. The molecule has 2 heterocycles. The number of nitrogens with one attached hydrogen (secondary N) is 2. The van der Waals surface area contributed by atoms with E-state index in [1.54, 1.807) is 11.3 Å². The highest BCUT2D eigenvalue weighted by molar-refractivity contribution is 7.09. The number of carbonyl (C=O) groups excluding carboxylic acids is 1. The van der Waals surface area contributed by atoms with Gasteiger partial charge in [-0.3, -0.25) is 4.79 Å². The van der Waals surface area contributed by atoms with E-state index in [4.69, 9.17) is 4.98 Å². The molecule has 2 N–H and O–H groups in total. The van der Waals surface area contributed by atoms with Crippen molar-refractivity contribution in [1.29, 1.82) is 0 Å². The summed E-state index contributed by atoms with van der Waals surface area (Å²) in [6.45, 7) is 12.5. The molecule has 1 aromatic rings. The Bertz CT molecular complexity index is 620. The molecule has 1 amide bonds. The number of aromatic nitrogens is 1. The van der Waals surface area contributed by atoms with E-state index in [0.29, 0.717) is 18.9 Å². The first-order valence-corrected chi connectivity index (χ1v) is 11.0. The molecule has 0 bridgehead atoms. The van der Waals surface area contributed by atoms with E-state index in [2.05, 4.69) is 48.7 Å².